The summed E-state index contributed by atoms with van der Waals surface area (Å²) in [6, 6.07) is 27.3. The summed E-state index contributed by atoms with van der Waals surface area (Å²) in [7, 11) is 0. The Kier molecular flexibility index (Phi) is 4.87. The van der Waals surface area contributed by atoms with Gasteiger partial charge in [0.15, 0.2) is 0 Å². The van der Waals surface area contributed by atoms with Crippen molar-refractivity contribution in [2.45, 2.75) is 6.92 Å². The van der Waals surface area contributed by atoms with Crippen LogP contribution in [0.4, 0.5) is 5.69 Å². The van der Waals surface area contributed by atoms with E-state index < -0.39 is 0 Å². The van der Waals surface area contributed by atoms with Gasteiger partial charge in [-0.1, -0.05) is 66.2 Å². The average Bonchev–Trinajstić information content (AvgIpc) is 2.64. The van der Waals surface area contributed by atoms with Gasteiger partial charge in [0.25, 0.3) is 0 Å². The maximum Gasteiger partial charge on any atom is 0.224 e. The molecule has 2 nitrogen and oxygen atoms in total. The lowest BCUT2D eigenvalue weighted by Gasteiger charge is -2.08. The fourth-order valence-electron chi connectivity index (χ4n) is 2.45. The van der Waals surface area contributed by atoms with Crippen LogP contribution < -0.4 is 0 Å². The van der Waals surface area contributed by atoms with Gasteiger partial charge in [0.1, 0.15) is 0 Å². The van der Waals surface area contributed by atoms with Crippen molar-refractivity contribution in [2.24, 2.45) is 0 Å². The molecule has 118 valence electrons. The van der Waals surface area contributed by atoms with Crippen molar-refractivity contribution in [2.75, 3.05) is 0 Å². The van der Waals surface area contributed by atoms with Crippen molar-refractivity contribution in [1.82, 2.24) is 0 Å². The third-order valence-corrected chi connectivity index (χ3v) is 3.79. The fraction of sp³-hybridized carbons (Fsp3) is 0.0455. The van der Waals surface area contributed by atoms with Crippen LogP contribution in [-0.2, 0) is 0 Å². The number of rotatable bonds is 4. The van der Waals surface area contributed by atoms with Crippen LogP contribution in [0.1, 0.15) is 16.7 Å². The van der Waals surface area contributed by atoms with E-state index in [1.54, 1.807) is 0 Å². The Morgan fingerprint density at radius 1 is 0.792 bits per heavy atom. The molecule has 0 radical (unpaired) electrons. The van der Waals surface area contributed by atoms with Crippen molar-refractivity contribution in [1.29, 1.82) is 0 Å². The molecular weight excluding hydrogens is 294 g/mol. The minimum absolute atomic E-state index is 0.614. The number of benzene rings is 3. The van der Waals surface area contributed by atoms with Gasteiger partial charge in [-0.05, 0) is 30.7 Å². The molecular formula is C22H19NO. The molecule has 0 bridgehead atoms. The Morgan fingerprint density at radius 3 is 2.00 bits per heavy atom. The smallest absolute Gasteiger partial charge is 0.224 e. The van der Waals surface area contributed by atoms with Crippen LogP contribution in [0.3, 0.4) is 0 Å². The Morgan fingerprint density at radius 2 is 1.38 bits per heavy atom. The highest BCUT2D eigenvalue weighted by Gasteiger charge is 2.12. The summed E-state index contributed by atoms with van der Waals surface area (Å²) >= 11 is 0. The molecule has 0 amide bonds. The molecule has 2 heteroatoms. The molecule has 0 fully saturated rings. The Hall–Kier alpha value is -3.13. The van der Waals surface area contributed by atoms with E-state index in [0.717, 1.165) is 21.4 Å². The molecule has 0 unspecified atom stereocenters. The first-order chi connectivity index (χ1) is 11.7. The largest absolute Gasteiger partial charge is 0.618 e. The molecule has 24 heavy (non-hydrogen) atoms. The molecule has 0 saturated carbocycles. The van der Waals surface area contributed by atoms with E-state index in [1.165, 1.54) is 0 Å². The molecule has 0 heterocycles. The molecule has 0 atom stereocenters. The Balaban J connectivity index is 2.06. The molecule has 3 aromatic rings. The molecule has 0 aromatic heterocycles. The summed E-state index contributed by atoms with van der Waals surface area (Å²) in [5.41, 5.74) is 4.32. The Labute approximate surface area is 142 Å². The molecule has 0 aliphatic rings. The second-order valence-corrected chi connectivity index (χ2v) is 5.63. The van der Waals surface area contributed by atoms with Crippen molar-refractivity contribution in [3.63, 3.8) is 0 Å². The number of hydrogen-bond donors (Lipinski definition) is 0. The number of hydrogen-bond acceptors (Lipinski definition) is 1. The standard InChI is InChI=1S/C22H19NO/c1-18-12-15-21(16-13-18)23(24)22(20-10-6-3-7-11-20)17-14-19-8-4-2-5-9-19/h2-17H,1H3/b17-14+,23-22+. The average molecular weight is 313 g/mol. The van der Waals surface area contributed by atoms with Crippen LogP contribution >= 0.6 is 0 Å². The zero-order chi connectivity index (χ0) is 16.8. The summed E-state index contributed by atoms with van der Waals surface area (Å²) in [6.07, 6.45) is 3.83. The lowest BCUT2D eigenvalue weighted by molar-refractivity contribution is -0.359. The molecule has 0 N–H and O–H groups in total. The zero-order valence-electron chi connectivity index (χ0n) is 13.6. The van der Waals surface area contributed by atoms with Gasteiger partial charge in [0, 0.05) is 23.8 Å². The topological polar surface area (TPSA) is 26.1 Å². The zero-order valence-corrected chi connectivity index (χ0v) is 13.6. The highest BCUT2D eigenvalue weighted by molar-refractivity contribution is 6.08. The molecule has 0 aliphatic carbocycles. The number of nitrogens with zero attached hydrogens (tertiary/aromatic N) is 1. The predicted molar refractivity (Wildman–Crippen MR) is 100 cm³/mol. The summed E-state index contributed by atoms with van der Waals surface area (Å²) in [5.74, 6) is 0. The minimum Gasteiger partial charge on any atom is -0.618 e. The van der Waals surface area contributed by atoms with E-state index in [2.05, 4.69) is 0 Å². The van der Waals surface area contributed by atoms with Crippen LogP contribution in [0.25, 0.3) is 6.08 Å². The van der Waals surface area contributed by atoms with Crippen molar-refractivity contribution in [3.8, 4) is 0 Å². The first-order valence-electron chi connectivity index (χ1n) is 7.93. The maximum atomic E-state index is 12.9. The van der Waals surface area contributed by atoms with E-state index in [0.29, 0.717) is 11.4 Å². The fourth-order valence-corrected chi connectivity index (χ4v) is 2.45. The Bertz CT molecular complexity index is 847. The first-order valence-corrected chi connectivity index (χ1v) is 7.93. The van der Waals surface area contributed by atoms with Crippen molar-refractivity contribution < 1.29 is 4.74 Å². The molecule has 3 rings (SSSR count). The summed E-state index contributed by atoms with van der Waals surface area (Å²) in [4.78, 5) is 0. The maximum absolute atomic E-state index is 12.9. The van der Waals surface area contributed by atoms with Gasteiger partial charge in [-0.2, -0.15) is 4.74 Å². The molecule has 0 spiro atoms. The van der Waals surface area contributed by atoms with Gasteiger partial charge in [-0.25, -0.2) is 0 Å². The van der Waals surface area contributed by atoms with Gasteiger partial charge in [0.2, 0.25) is 11.4 Å². The van der Waals surface area contributed by atoms with Crippen molar-refractivity contribution >= 4 is 17.5 Å². The van der Waals surface area contributed by atoms with Crippen LogP contribution in [0, 0.1) is 12.1 Å². The lowest BCUT2D eigenvalue weighted by Crippen LogP contribution is -2.10. The van der Waals surface area contributed by atoms with Gasteiger partial charge >= 0.3 is 0 Å². The van der Waals surface area contributed by atoms with Crippen LogP contribution in [0.2, 0.25) is 0 Å². The van der Waals surface area contributed by atoms with Crippen LogP contribution in [0.15, 0.2) is 91.0 Å². The highest BCUT2D eigenvalue weighted by atomic mass is 16.5. The summed E-state index contributed by atoms with van der Waals surface area (Å²) in [6.45, 7) is 2.01. The monoisotopic (exact) mass is 313 g/mol. The van der Waals surface area contributed by atoms with Crippen LogP contribution in [0.5, 0.6) is 0 Å². The summed E-state index contributed by atoms with van der Waals surface area (Å²) in [5, 5.41) is 12.9. The lowest BCUT2D eigenvalue weighted by atomic mass is 10.1. The van der Waals surface area contributed by atoms with Crippen LogP contribution in [-0.4, -0.2) is 10.5 Å². The summed E-state index contributed by atoms with van der Waals surface area (Å²) < 4.78 is 0.980. The number of allylic oxidation sites excluding steroid dienone is 1. The SMILES string of the molecule is Cc1ccc(/[N+]([O-])=C(/C=C/c2ccccc2)c2ccccc2)cc1. The minimum atomic E-state index is 0.614. The quantitative estimate of drug-likeness (QED) is 0.276. The molecule has 3 aromatic carbocycles. The molecule has 0 saturated heterocycles. The van der Waals surface area contributed by atoms with E-state index in [1.807, 2.05) is 104 Å². The van der Waals surface area contributed by atoms with Gasteiger partial charge in [-0.3, -0.25) is 0 Å². The van der Waals surface area contributed by atoms with E-state index in [9.17, 15) is 5.21 Å². The van der Waals surface area contributed by atoms with Gasteiger partial charge < -0.3 is 5.21 Å². The number of aryl methyl sites for hydroxylation is 1. The highest BCUT2D eigenvalue weighted by Crippen LogP contribution is 2.16. The van der Waals surface area contributed by atoms with E-state index in [4.69, 9.17) is 0 Å². The van der Waals surface area contributed by atoms with Gasteiger partial charge in [0.05, 0.1) is 0 Å². The van der Waals surface area contributed by atoms with E-state index >= 15 is 0 Å². The second kappa shape index (κ2) is 7.42. The normalized spacial score (nSPS) is 12.2. The molecule has 0 aliphatic heterocycles. The third-order valence-electron chi connectivity index (χ3n) is 3.79. The predicted octanol–water partition coefficient (Wildman–Crippen LogP) is 5.34. The third kappa shape index (κ3) is 3.79. The second-order valence-electron chi connectivity index (χ2n) is 5.63. The van der Waals surface area contributed by atoms with E-state index in [-0.39, 0.29) is 0 Å². The first kappa shape index (κ1) is 15.8. The van der Waals surface area contributed by atoms with Crippen molar-refractivity contribution in [3.05, 3.63) is 113 Å². The van der Waals surface area contributed by atoms with Gasteiger partial charge in [-0.15, -0.1) is 0 Å².